The fraction of sp³-hybridized carbons (Fsp3) is 0.263. The molecule has 144 valence electrons. The predicted molar refractivity (Wildman–Crippen MR) is 106 cm³/mol. The van der Waals surface area contributed by atoms with Gasteiger partial charge in [0.05, 0.1) is 12.2 Å². The largest absolute Gasteiger partial charge is 0.313 e. The van der Waals surface area contributed by atoms with E-state index in [0.717, 1.165) is 22.0 Å². The number of halogens is 1. The number of nitrogens with one attached hydrogen (secondary N) is 1. The van der Waals surface area contributed by atoms with Crippen LogP contribution in [0.4, 0.5) is 15.3 Å². The smallest absolute Gasteiger partial charge is 0.211 e. The van der Waals surface area contributed by atoms with Gasteiger partial charge < -0.3 is 5.32 Å². The van der Waals surface area contributed by atoms with Gasteiger partial charge >= 0.3 is 0 Å². The Morgan fingerprint density at radius 3 is 2.61 bits per heavy atom. The van der Waals surface area contributed by atoms with Crippen molar-refractivity contribution in [3.63, 3.8) is 0 Å². The molecule has 0 radical (unpaired) electrons. The average Bonchev–Trinajstić information content (AvgIpc) is 3.38. The normalized spacial score (nSPS) is 12.3. The van der Waals surface area contributed by atoms with Crippen LogP contribution < -0.4 is 5.32 Å². The standard InChI is InChI=1S/C19H20FN7S/c1-12-10-13(2)27(24-12)14(3)18-22-23-19(28-18)21-17-8-9-26(25-17)11-15-4-6-16(20)7-5-15/h4-10,14H,11H2,1-3H3,(H,21,23,25). The number of aryl methyl sites for hydroxylation is 2. The summed E-state index contributed by atoms with van der Waals surface area (Å²) in [7, 11) is 0. The van der Waals surface area contributed by atoms with E-state index in [0.29, 0.717) is 17.5 Å². The van der Waals surface area contributed by atoms with Crippen LogP contribution in [0.2, 0.25) is 0 Å². The molecule has 1 unspecified atom stereocenters. The molecule has 4 aromatic rings. The van der Waals surface area contributed by atoms with Crippen LogP contribution >= 0.6 is 11.3 Å². The van der Waals surface area contributed by atoms with Gasteiger partial charge in [0.2, 0.25) is 5.13 Å². The molecular weight excluding hydrogens is 377 g/mol. The first-order valence-electron chi connectivity index (χ1n) is 8.89. The van der Waals surface area contributed by atoms with Gasteiger partial charge in [0.1, 0.15) is 16.9 Å². The number of rotatable bonds is 6. The summed E-state index contributed by atoms with van der Waals surface area (Å²) in [5, 5.41) is 22.3. The summed E-state index contributed by atoms with van der Waals surface area (Å²) >= 11 is 1.48. The Bertz CT molecular complexity index is 1080. The van der Waals surface area contributed by atoms with Crippen LogP contribution in [0.3, 0.4) is 0 Å². The summed E-state index contributed by atoms with van der Waals surface area (Å²) in [6.45, 7) is 6.63. The highest BCUT2D eigenvalue weighted by Crippen LogP contribution is 2.27. The molecule has 0 bridgehead atoms. The van der Waals surface area contributed by atoms with Gasteiger partial charge in [-0.25, -0.2) is 4.39 Å². The van der Waals surface area contributed by atoms with Crippen molar-refractivity contribution in [3.05, 3.63) is 70.4 Å². The molecule has 0 aliphatic heterocycles. The first-order chi connectivity index (χ1) is 13.5. The number of hydrogen-bond donors (Lipinski definition) is 1. The number of nitrogens with zero attached hydrogens (tertiary/aromatic N) is 6. The van der Waals surface area contributed by atoms with Gasteiger partial charge in [-0.1, -0.05) is 23.5 Å². The number of benzene rings is 1. The Morgan fingerprint density at radius 2 is 1.89 bits per heavy atom. The summed E-state index contributed by atoms with van der Waals surface area (Å²) in [6, 6.07) is 10.3. The molecule has 1 atom stereocenters. The van der Waals surface area contributed by atoms with E-state index in [1.807, 2.05) is 36.9 Å². The van der Waals surface area contributed by atoms with E-state index in [1.54, 1.807) is 16.8 Å². The van der Waals surface area contributed by atoms with Crippen molar-refractivity contribution in [1.29, 1.82) is 0 Å². The van der Waals surface area contributed by atoms with Crippen molar-refractivity contribution < 1.29 is 4.39 Å². The molecule has 9 heteroatoms. The Balaban J connectivity index is 1.43. The molecule has 0 aliphatic rings. The maximum atomic E-state index is 13.0. The van der Waals surface area contributed by atoms with Crippen molar-refractivity contribution in [2.24, 2.45) is 0 Å². The fourth-order valence-corrected chi connectivity index (χ4v) is 3.79. The predicted octanol–water partition coefficient (Wildman–Crippen LogP) is 4.09. The van der Waals surface area contributed by atoms with Crippen LogP contribution in [0.1, 0.15) is 34.9 Å². The first-order valence-corrected chi connectivity index (χ1v) is 9.70. The third kappa shape index (κ3) is 3.94. The number of hydrogen-bond acceptors (Lipinski definition) is 6. The van der Waals surface area contributed by atoms with Gasteiger partial charge in [-0.3, -0.25) is 9.36 Å². The van der Waals surface area contributed by atoms with Gasteiger partial charge in [0.15, 0.2) is 5.82 Å². The number of aromatic nitrogens is 6. The lowest BCUT2D eigenvalue weighted by molar-refractivity contribution is 0.540. The lowest BCUT2D eigenvalue weighted by atomic mass is 10.2. The SMILES string of the molecule is Cc1cc(C)n(C(C)c2nnc(Nc3ccn(Cc4ccc(F)cc4)n3)s2)n1. The fourth-order valence-electron chi connectivity index (χ4n) is 3.00. The molecular formula is C19H20FN7S. The zero-order valence-electron chi connectivity index (χ0n) is 15.8. The van der Waals surface area contributed by atoms with E-state index < -0.39 is 0 Å². The van der Waals surface area contributed by atoms with Crippen molar-refractivity contribution in [3.8, 4) is 0 Å². The van der Waals surface area contributed by atoms with Gasteiger partial charge in [-0.05, 0) is 44.5 Å². The van der Waals surface area contributed by atoms with Crippen LogP contribution in [0.25, 0.3) is 0 Å². The summed E-state index contributed by atoms with van der Waals surface area (Å²) in [4.78, 5) is 0. The highest BCUT2D eigenvalue weighted by atomic mass is 32.1. The minimum atomic E-state index is -0.242. The molecule has 3 aromatic heterocycles. The van der Waals surface area contributed by atoms with Crippen LogP contribution in [-0.2, 0) is 6.54 Å². The molecule has 3 heterocycles. The Hall–Kier alpha value is -3.07. The third-order valence-electron chi connectivity index (χ3n) is 4.34. The molecule has 28 heavy (non-hydrogen) atoms. The second-order valence-corrected chi connectivity index (χ2v) is 7.65. The monoisotopic (exact) mass is 397 g/mol. The molecule has 1 aromatic carbocycles. The van der Waals surface area contributed by atoms with Gasteiger partial charge in [-0.2, -0.15) is 10.2 Å². The molecule has 0 aliphatic carbocycles. The highest BCUT2D eigenvalue weighted by Gasteiger charge is 2.17. The van der Waals surface area contributed by atoms with Gasteiger partial charge in [0.25, 0.3) is 0 Å². The molecule has 0 saturated carbocycles. The second-order valence-electron chi connectivity index (χ2n) is 6.64. The van der Waals surface area contributed by atoms with Crippen molar-refractivity contribution >= 4 is 22.3 Å². The first kappa shape index (κ1) is 18.3. The van der Waals surface area contributed by atoms with Crippen LogP contribution in [0.5, 0.6) is 0 Å². The molecule has 0 spiro atoms. The van der Waals surface area contributed by atoms with Crippen LogP contribution in [0, 0.1) is 19.7 Å². The van der Waals surface area contributed by atoms with E-state index >= 15 is 0 Å². The summed E-state index contributed by atoms with van der Waals surface area (Å²) in [6.07, 6.45) is 1.87. The quantitative estimate of drug-likeness (QED) is 0.530. The van der Waals surface area contributed by atoms with Crippen molar-refractivity contribution in [1.82, 2.24) is 29.8 Å². The van der Waals surface area contributed by atoms with E-state index in [1.165, 1.54) is 23.5 Å². The van der Waals surface area contributed by atoms with Gasteiger partial charge in [0, 0.05) is 18.0 Å². The van der Waals surface area contributed by atoms with Crippen molar-refractivity contribution in [2.45, 2.75) is 33.4 Å². The number of anilines is 2. The van der Waals surface area contributed by atoms with E-state index in [4.69, 9.17) is 0 Å². The lowest BCUT2D eigenvalue weighted by Crippen LogP contribution is -2.10. The highest BCUT2D eigenvalue weighted by molar-refractivity contribution is 7.15. The molecule has 7 nitrogen and oxygen atoms in total. The minimum Gasteiger partial charge on any atom is -0.313 e. The third-order valence-corrected chi connectivity index (χ3v) is 5.35. The maximum absolute atomic E-state index is 13.0. The summed E-state index contributed by atoms with van der Waals surface area (Å²) < 4.78 is 16.8. The molecule has 4 rings (SSSR count). The van der Waals surface area contributed by atoms with Crippen molar-refractivity contribution in [2.75, 3.05) is 5.32 Å². The zero-order chi connectivity index (χ0) is 19.7. The Labute approximate surface area is 165 Å². The lowest BCUT2D eigenvalue weighted by Gasteiger charge is -2.10. The van der Waals surface area contributed by atoms with E-state index in [2.05, 4.69) is 32.6 Å². The molecule has 0 saturated heterocycles. The Morgan fingerprint density at radius 1 is 1.11 bits per heavy atom. The van der Waals surface area contributed by atoms with E-state index in [-0.39, 0.29) is 11.9 Å². The van der Waals surface area contributed by atoms with Gasteiger partial charge in [-0.15, -0.1) is 10.2 Å². The maximum Gasteiger partial charge on any atom is 0.211 e. The molecule has 0 amide bonds. The van der Waals surface area contributed by atoms with Crippen LogP contribution in [0.15, 0.2) is 42.6 Å². The summed E-state index contributed by atoms with van der Waals surface area (Å²) in [5.74, 6) is 0.442. The van der Waals surface area contributed by atoms with Crippen LogP contribution in [-0.4, -0.2) is 29.8 Å². The Kier molecular flexibility index (Phi) is 4.91. The van der Waals surface area contributed by atoms with E-state index in [9.17, 15) is 4.39 Å². The zero-order valence-corrected chi connectivity index (χ0v) is 16.6. The molecule has 0 fully saturated rings. The topological polar surface area (TPSA) is 73.5 Å². The average molecular weight is 397 g/mol. The minimum absolute atomic E-state index is 0.0118. The second kappa shape index (κ2) is 7.51. The summed E-state index contributed by atoms with van der Waals surface area (Å²) in [5.41, 5.74) is 3.06. The molecule has 1 N–H and O–H groups in total.